The number of carbonyl (C=O) groups excluding carboxylic acids is 2. The Kier molecular flexibility index (Phi) is 8.31. The topological polar surface area (TPSA) is 77.5 Å². The highest BCUT2D eigenvalue weighted by molar-refractivity contribution is 5.91. The highest BCUT2D eigenvalue weighted by Crippen LogP contribution is 2.50. The molecule has 0 spiro atoms. The molecule has 4 atom stereocenters. The van der Waals surface area contributed by atoms with E-state index in [2.05, 4.69) is 18.2 Å². The second kappa shape index (κ2) is 12.8. The summed E-state index contributed by atoms with van der Waals surface area (Å²) in [6.07, 6.45) is 18.8. The number of hydrogen-bond donors (Lipinski definition) is 0. The molecule has 2 saturated heterocycles. The van der Waals surface area contributed by atoms with Gasteiger partial charge in [-0.1, -0.05) is 48.6 Å². The van der Waals surface area contributed by atoms with E-state index in [1.807, 2.05) is 64.4 Å². The van der Waals surface area contributed by atoms with Crippen LogP contribution in [-0.4, -0.2) is 61.4 Å². The molecule has 1 aliphatic carbocycles. The summed E-state index contributed by atoms with van der Waals surface area (Å²) in [5.41, 5.74) is 1.99. The van der Waals surface area contributed by atoms with Gasteiger partial charge in [0.15, 0.2) is 23.0 Å². The smallest absolute Gasteiger partial charge is 0.231 e. The lowest BCUT2D eigenvalue weighted by Crippen LogP contribution is -2.60. The summed E-state index contributed by atoms with van der Waals surface area (Å²) in [6, 6.07) is 11.8. The number of amides is 2. The Morgan fingerprint density at radius 2 is 1.05 bits per heavy atom. The van der Waals surface area contributed by atoms with E-state index in [4.69, 9.17) is 18.9 Å². The van der Waals surface area contributed by atoms with Gasteiger partial charge >= 0.3 is 0 Å². The standard InChI is InChI=1S/C36H40N2O6/c39-35(37-17-5-1-6-18-37)33-27(10-4-3-9-25-12-15-29-31(21-25)43-23-41-29)28(34(33)36(40)38-19-7-2-8-20-38)14-11-26-13-16-30-32(22-26)44-24-42-30/h3-4,9-16,21-22,27-28,33-34H,1-2,5-8,17-20,23-24H2/b9-3+,10-4+,14-11+/t27-,28-,33+,34+/m1/s1. The van der Waals surface area contributed by atoms with Gasteiger partial charge in [-0.2, -0.15) is 0 Å². The van der Waals surface area contributed by atoms with Crippen LogP contribution in [0.15, 0.2) is 60.7 Å². The van der Waals surface area contributed by atoms with Crippen molar-refractivity contribution >= 4 is 24.0 Å². The van der Waals surface area contributed by atoms with E-state index in [0.29, 0.717) is 0 Å². The van der Waals surface area contributed by atoms with Gasteiger partial charge in [-0.3, -0.25) is 9.59 Å². The van der Waals surface area contributed by atoms with E-state index in [1.54, 1.807) is 0 Å². The van der Waals surface area contributed by atoms with Crippen molar-refractivity contribution in [3.8, 4) is 23.0 Å². The molecule has 5 aliphatic rings. The highest BCUT2D eigenvalue weighted by atomic mass is 16.7. The first kappa shape index (κ1) is 28.6. The summed E-state index contributed by atoms with van der Waals surface area (Å²) in [4.78, 5) is 32.3. The van der Waals surface area contributed by atoms with Crippen molar-refractivity contribution < 1.29 is 28.5 Å². The van der Waals surface area contributed by atoms with Crippen LogP contribution in [0.2, 0.25) is 0 Å². The van der Waals surface area contributed by atoms with Crippen molar-refractivity contribution in [3.05, 3.63) is 71.8 Å². The predicted molar refractivity (Wildman–Crippen MR) is 167 cm³/mol. The Bertz CT molecular complexity index is 1470. The lowest BCUT2D eigenvalue weighted by molar-refractivity contribution is -0.161. The summed E-state index contributed by atoms with van der Waals surface area (Å²) in [6.45, 7) is 3.57. The first-order valence-corrected chi connectivity index (χ1v) is 16.1. The Hall–Kier alpha value is -4.20. The number of allylic oxidation sites excluding steroid dienone is 4. The largest absolute Gasteiger partial charge is 0.454 e. The van der Waals surface area contributed by atoms with Crippen molar-refractivity contribution in [1.82, 2.24) is 9.80 Å². The molecule has 0 aromatic heterocycles. The van der Waals surface area contributed by atoms with E-state index in [9.17, 15) is 9.59 Å². The Balaban J connectivity index is 1.17. The molecule has 0 radical (unpaired) electrons. The van der Waals surface area contributed by atoms with E-state index < -0.39 is 0 Å². The normalized spacial score (nSPS) is 26.1. The number of hydrogen-bond acceptors (Lipinski definition) is 6. The van der Waals surface area contributed by atoms with Crippen molar-refractivity contribution in [1.29, 1.82) is 0 Å². The zero-order valence-electron chi connectivity index (χ0n) is 25.1. The van der Waals surface area contributed by atoms with Crippen LogP contribution in [-0.2, 0) is 9.59 Å². The molecule has 4 aliphatic heterocycles. The van der Waals surface area contributed by atoms with Gasteiger partial charge < -0.3 is 28.7 Å². The third-order valence-corrected chi connectivity index (χ3v) is 9.60. The number of nitrogens with zero attached hydrogens (tertiary/aromatic N) is 2. The average molecular weight is 597 g/mol. The monoisotopic (exact) mass is 596 g/mol. The number of likely N-dealkylation sites (tertiary alicyclic amines) is 2. The average Bonchev–Trinajstić information content (AvgIpc) is 3.73. The molecule has 230 valence electrons. The third kappa shape index (κ3) is 5.82. The minimum atomic E-state index is -0.375. The van der Waals surface area contributed by atoms with Crippen LogP contribution in [0, 0.1) is 23.7 Å². The molecule has 8 heteroatoms. The van der Waals surface area contributed by atoms with Gasteiger partial charge in [0.05, 0.1) is 11.8 Å². The van der Waals surface area contributed by atoms with Crippen molar-refractivity contribution in [2.45, 2.75) is 38.5 Å². The number of fused-ring (bicyclic) bond motifs is 2. The molecule has 3 fully saturated rings. The molecule has 44 heavy (non-hydrogen) atoms. The van der Waals surface area contributed by atoms with Crippen LogP contribution >= 0.6 is 0 Å². The minimum Gasteiger partial charge on any atom is -0.454 e. The molecule has 0 N–H and O–H groups in total. The van der Waals surface area contributed by atoms with Crippen LogP contribution < -0.4 is 18.9 Å². The van der Waals surface area contributed by atoms with E-state index in [1.165, 1.54) is 0 Å². The van der Waals surface area contributed by atoms with Crippen LogP contribution in [0.5, 0.6) is 23.0 Å². The van der Waals surface area contributed by atoms with E-state index in [0.717, 1.165) is 98.8 Å². The van der Waals surface area contributed by atoms with Crippen LogP contribution in [0.3, 0.4) is 0 Å². The molecular formula is C36H40N2O6. The van der Waals surface area contributed by atoms with Crippen LogP contribution in [0.1, 0.15) is 49.7 Å². The summed E-state index contributed by atoms with van der Waals surface area (Å²) in [7, 11) is 0. The summed E-state index contributed by atoms with van der Waals surface area (Å²) >= 11 is 0. The number of rotatable bonds is 7. The van der Waals surface area contributed by atoms with Gasteiger partial charge in [-0.05, 0) is 85.8 Å². The number of benzene rings is 2. The molecular weight excluding hydrogens is 556 g/mol. The van der Waals surface area contributed by atoms with Crippen molar-refractivity contribution in [2.24, 2.45) is 23.7 Å². The number of ether oxygens (including phenoxy) is 4. The maximum absolute atomic E-state index is 14.1. The van der Waals surface area contributed by atoms with Crippen molar-refractivity contribution in [2.75, 3.05) is 39.8 Å². The van der Waals surface area contributed by atoms with E-state index >= 15 is 0 Å². The summed E-state index contributed by atoms with van der Waals surface area (Å²) < 4.78 is 22.0. The zero-order chi connectivity index (χ0) is 29.9. The maximum atomic E-state index is 14.1. The maximum Gasteiger partial charge on any atom is 0.231 e. The third-order valence-electron chi connectivity index (χ3n) is 9.60. The number of piperidine rings is 2. The van der Waals surface area contributed by atoms with Crippen molar-refractivity contribution in [3.63, 3.8) is 0 Å². The molecule has 2 aromatic carbocycles. The molecule has 0 unspecified atom stereocenters. The predicted octanol–water partition coefficient (Wildman–Crippen LogP) is 5.93. The molecule has 7 rings (SSSR count). The van der Waals surface area contributed by atoms with E-state index in [-0.39, 0.29) is 49.1 Å². The molecule has 0 bridgehead atoms. The lowest BCUT2D eigenvalue weighted by atomic mass is 9.55. The second-order valence-corrected chi connectivity index (χ2v) is 12.3. The van der Waals surface area contributed by atoms with Gasteiger partial charge in [0.25, 0.3) is 0 Å². The highest BCUT2D eigenvalue weighted by Gasteiger charge is 2.56. The lowest BCUT2D eigenvalue weighted by Gasteiger charge is -2.51. The Morgan fingerprint density at radius 3 is 1.59 bits per heavy atom. The summed E-state index contributed by atoms with van der Waals surface area (Å²) in [5, 5.41) is 0. The zero-order valence-corrected chi connectivity index (χ0v) is 25.1. The number of carbonyl (C=O) groups is 2. The van der Waals surface area contributed by atoms with Gasteiger partial charge in [-0.15, -0.1) is 0 Å². The first-order chi connectivity index (χ1) is 21.7. The molecule has 4 heterocycles. The fourth-order valence-corrected chi connectivity index (χ4v) is 7.21. The first-order valence-electron chi connectivity index (χ1n) is 16.1. The fourth-order valence-electron chi connectivity index (χ4n) is 7.21. The minimum absolute atomic E-state index is 0.0881. The van der Waals surface area contributed by atoms with Gasteiger partial charge in [0, 0.05) is 26.2 Å². The second-order valence-electron chi connectivity index (χ2n) is 12.3. The van der Waals surface area contributed by atoms with Crippen LogP contribution in [0.4, 0.5) is 0 Å². The quantitative estimate of drug-likeness (QED) is 0.369. The van der Waals surface area contributed by atoms with Gasteiger partial charge in [0.1, 0.15) is 0 Å². The molecule has 1 saturated carbocycles. The Morgan fingerprint density at radius 1 is 0.568 bits per heavy atom. The Labute approximate surface area is 258 Å². The van der Waals surface area contributed by atoms with Crippen LogP contribution in [0.25, 0.3) is 12.2 Å². The molecule has 2 aromatic rings. The van der Waals surface area contributed by atoms with Gasteiger partial charge in [0.2, 0.25) is 25.4 Å². The summed E-state index contributed by atoms with van der Waals surface area (Å²) in [5.74, 6) is 2.30. The molecule has 8 nitrogen and oxygen atoms in total. The van der Waals surface area contributed by atoms with Gasteiger partial charge in [-0.25, -0.2) is 0 Å². The fraction of sp³-hybridized carbons (Fsp3) is 0.444. The SMILES string of the molecule is O=C([C@H]1[C@H](/C=C/C=C/c2ccc3c(c2)OCO3)[C@@H](/C=C/c2ccc3c(c2)OCO3)[C@@H]1C(=O)N1CCCCC1)N1CCCCC1. The molecule has 2 amide bonds.